The third-order valence-corrected chi connectivity index (χ3v) is 7.44. The number of anilines is 3. The Kier molecular flexibility index (Phi) is 6.78. The van der Waals surface area contributed by atoms with Crippen LogP contribution in [0.4, 0.5) is 21.7 Å². The van der Waals surface area contributed by atoms with Gasteiger partial charge in [0, 0.05) is 56.1 Å². The van der Waals surface area contributed by atoms with E-state index in [0.717, 1.165) is 29.5 Å². The van der Waals surface area contributed by atoms with Gasteiger partial charge in [-0.1, -0.05) is 19.9 Å². The first-order valence-corrected chi connectivity index (χ1v) is 14.3. The Hall–Kier alpha value is -3.64. The van der Waals surface area contributed by atoms with Crippen molar-refractivity contribution in [2.45, 2.75) is 26.7 Å². The van der Waals surface area contributed by atoms with Crippen molar-refractivity contribution in [2.75, 3.05) is 36.1 Å². The number of aryl methyl sites for hydroxylation is 2. The molecule has 2 N–H and O–H groups in total. The van der Waals surface area contributed by atoms with Crippen LogP contribution in [0.25, 0.3) is 22.2 Å². The summed E-state index contributed by atoms with van der Waals surface area (Å²) in [6, 6.07) is 7.98. The number of sulfonamides is 1. The summed E-state index contributed by atoms with van der Waals surface area (Å²) >= 11 is 0. The van der Waals surface area contributed by atoms with Crippen molar-refractivity contribution in [1.29, 1.82) is 0 Å². The van der Waals surface area contributed by atoms with E-state index in [1.54, 1.807) is 26.2 Å². The van der Waals surface area contributed by atoms with Gasteiger partial charge in [-0.15, -0.1) is 0 Å². The maximum absolute atomic E-state index is 14.6. The number of pyridine rings is 1. The maximum atomic E-state index is 14.6. The van der Waals surface area contributed by atoms with Crippen LogP contribution in [0.1, 0.15) is 31.0 Å². The molecular formula is C26H31FN8O2S. The van der Waals surface area contributed by atoms with Crippen molar-refractivity contribution in [3.05, 3.63) is 53.9 Å². The second-order valence-electron chi connectivity index (χ2n) is 10.1. The highest BCUT2D eigenvalue weighted by Crippen LogP contribution is 2.37. The lowest BCUT2D eigenvalue weighted by Crippen LogP contribution is -2.51. The fourth-order valence-electron chi connectivity index (χ4n) is 4.82. The molecule has 0 bridgehead atoms. The molecule has 1 aliphatic heterocycles. The summed E-state index contributed by atoms with van der Waals surface area (Å²) < 4.78 is 41.2. The van der Waals surface area contributed by atoms with E-state index in [1.807, 2.05) is 12.3 Å². The molecule has 1 aliphatic rings. The van der Waals surface area contributed by atoms with Crippen molar-refractivity contribution in [2.24, 2.45) is 13.0 Å². The van der Waals surface area contributed by atoms with Crippen LogP contribution >= 0.6 is 0 Å². The minimum atomic E-state index is -3.20. The Balaban J connectivity index is 1.42. The highest BCUT2D eigenvalue weighted by atomic mass is 32.2. The van der Waals surface area contributed by atoms with Gasteiger partial charge in [-0.25, -0.2) is 32.8 Å². The monoisotopic (exact) mass is 538 g/mol. The zero-order chi connectivity index (χ0) is 27.2. The Morgan fingerprint density at radius 2 is 1.89 bits per heavy atom. The van der Waals surface area contributed by atoms with Crippen molar-refractivity contribution in [1.82, 2.24) is 29.5 Å². The van der Waals surface area contributed by atoms with E-state index in [0.29, 0.717) is 29.8 Å². The van der Waals surface area contributed by atoms with Crippen LogP contribution in [0.15, 0.2) is 36.7 Å². The van der Waals surface area contributed by atoms with Gasteiger partial charge in [0.1, 0.15) is 11.6 Å². The van der Waals surface area contributed by atoms with Gasteiger partial charge in [-0.2, -0.15) is 9.49 Å². The van der Waals surface area contributed by atoms with E-state index < -0.39 is 16.0 Å². The number of aromatic nitrogens is 5. The molecular weight excluding hydrogens is 507 g/mol. The average molecular weight is 539 g/mol. The lowest BCUT2D eigenvalue weighted by atomic mass is 9.93. The molecule has 10 nitrogen and oxygen atoms in total. The SMILES string of the molecule is Cc1nn(C)c(F)c1-c1nccc(Nc2cc3c(C(C)C)ccc(N4CC(CNS(C)(=O)=O)C4)c3cn2)n1. The summed E-state index contributed by atoms with van der Waals surface area (Å²) in [7, 11) is -1.66. The van der Waals surface area contributed by atoms with Crippen LogP contribution in [0.5, 0.6) is 0 Å². The van der Waals surface area contributed by atoms with Gasteiger partial charge in [0.05, 0.1) is 17.5 Å². The van der Waals surface area contributed by atoms with E-state index in [9.17, 15) is 12.8 Å². The molecule has 0 saturated carbocycles. The van der Waals surface area contributed by atoms with E-state index in [1.165, 1.54) is 16.5 Å². The molecule has 5 rings (SSSR count). The fourth-order valence-corrected chi connectivity index (χ4v) is 5.36. The van der Waals surface area contributed by atoms with Gasteiger partial charge in [0.15, 0.2) is 5.82 Å². The summed E-state index contributed by atoms with van der Waals surface area (Å²) in [5.74, 6) is 1.43. The molecule has 0 radical (unpaired) electrons. The van der Waals surface area contributed by atoms with Crippen molar-refractivity contribution < 1.29 is 12.8 Å². The highest BCUT2D eigenvalue weighted by Gasteiger charge is 2.29. The summed E-state index contributed by atoms with van der Waals surface area (Å²) in [6.07, 6.45) is 4.61. The molecule has 0 unspecified atom stereocenters. The largest absolute Gasteiger partial charge is 0.370 e. The molecule has 0 aliphatic carbocycles. The van der Waals surface area contributed by atoms with E-state index >= 15 is 0 Å². The first-order chi connectivity index (χ1) is 18.0. The Morgan fingerprint density at radius 3 is 2.55 bits per heavy atom. The molecule has 0 amide bonds. The summed E-state index contributed by atoms with van der Waals surface area (Å²) in [6.45, 7) is 8.01. The van der Waals surface area contributed by atoms with Gasteiger partial charge >= 0.3 is 0 Å². The van der Waals surface area contributed by atoms with Gasteiger partial charge in [0.25, 0.3) is 0 Å². The zero-order valence-electron chi connectivity index (χ0n) is 22.0. The van der Waals surface area contributed by atoms with Gasteiger partial charge in [-0.05, 0) is 42.0 Å². The van der Waals surface area contributed by atoms with Crippen molar-refractivity contribution in [3.8, 4) is 11.4 Å². The normalized spacial score (nSPS) is 14.3. The van der Waals surface area contributed by atoms with Crippen LogP contribution in [0.2, 0.25) is 0 Å². The second-order valence-corrected chi connectivity index (χ2v) is 11.9. The summed E-state index contributed by atoms with van der Waals surface area (Å²) in [4.78, 5) is 15.7. The Labute approximate surface area is 221 Å². The molecule has 0 atom stereocenters. The summed E-state index contributed by atoms with van der Waals surface area (Å²) in [5.41, 5.74) is 3.06. The molecule has 1 fully saturated rings. The zero-order valence-corrected chi connectivity index (χ0v) is 22.8. The van der Waals surface area contributed by atoms with E-state index in [-0.39, 0.29) is 17.3 Å². The molecule has 12 heteroatoms. The number of fused-ring (bicyclic) bond motifs is 1. The van der Waals surface area contributed by atoms with Crippen molar-refractivity contribution >= 4 is 38.1 Å². The summed E-state index contributed by atoms with van der Waals surface area (Å²) in [5, 5.41) is 9.47. The van der Waals surface area contributed by atoms with Crippen LogP contribution in [0.3, 0.4) is 0 Å². The number of benzene rings is 1. The lowest BCUT2D eigenvalue weighted by Gasteiger charge is -2.41. The van der Waals surface area contributed by atoms with Crippen LogP contribution in [-0.2, 0) is 17.1 Å². The van der Waals surface area contributed by atoms with Gasteiger partial charge in [0.2, 0.25) is 16.0 Å². The highest BCUT2D eigenvalue weighted by molar-refractivity contribution is 7.88. The number of nitrogens with zero attached hydrogens (tertiary/aromatic N) is 6. The molecule has 3 aromatic heterocycles. The number of nitrogens with one attached hydrogen (secondary N) is 2. The topological polar surface area (TPSA) is 118 Å². The molecule has 200 valence electrons. The number of hydrogen-bond donors (Lipinski definition) is 2. The van der Waals surface area contributed by atoms with Crippen molar-refractivity contribution in [3.63, 3.8) is 0 Å². The van der Waals surface area contributed by atoms with Gasteiger partial charge < -0.3 is 10.2 Å². The minimum Gasteiger partial charge on any atom is -0.370 e. The Bertz CT molecular complexity index is 1610. The molecule has 4 heterocycles. The maximum Gasteiger partial charge on any atom is 0.222 e. The average Bonchev–Trinajstić information content (AvgIpc) is 3.08. The standard InChI is InChI=1S/C26H31FN8O2S/c1-15(2)18-6-7-21(35-13-17(14-35)11-30-38(5,36)37)20-12-29-23(10-19(18)20)31-22-8-9-28-26(32-22)24-16(3)33-34(4)25(24)27/h6-10,12,15,17,30H,11,13-14H2,1-5H3,(H,28,29,31,32). The minimum absolute atomic E-state index is 0.252. The molecule has 0 spiro atoms. The quantitative estimate of drug-likeness (QED) is 0.349. The first kappa shape index (κ1) is 26.0. The van der Waals surface area contributed by atoms with Crippen LogP contribution in [-0.4, -0.2) is 59.0 Å². The van der Waals surface area contributed by atoms with Gasteiger partial charge in [-0.3, -0.25) is 0 Å². The van der Waals surface area contributed by atoms with Crippen LogP contribution in [0, 0.1) is 18.8 Å². The molecule has 38 heavy (non-hydrogen) atoms. The molecule has 4 aromatic rings. The smallest absolute Gasteiger partial charge is 0.222 e. The molecule has 1 saturated heterocycles. The third-order valence-electron chi connectivity index (χ3n) is 6.75. The first-order valence-electron chi connectivity index (χ1n) is 12.4. The number of hydrogen-bond acceptors (Lipinski definition) is 8. The number of rotatable bonds is 8. The van der Waals surface area contributed by atoms with Crippen LogP contribution < -0.4 is 14.9 Å². The second kappa shape index (κ2) is 9.91. The molecule has 1 aromatic carbocycles. The van der Waals surface area contributed by atoms with E-state index in [2.05, 4.69) is 61.0 Å². The predicted molar refractivity (Wildman–Crippen MR) is 147 cm³/mol. The Morgan fingerprint density at radius 1 is 1.13 bits per heavy atom. The third kappa shape index (κ3) is 5.18. The lowest BCUT2D eigenvalue weighted by molar-refractivity contribution is 0.407. The number of halogens is 1. The fraction of sp³-hybridized carbons (Fsp3) is 0.385. The predicted octanol–water partition coefficient (Wildman–Crippen LogP) is 3.73. The van der Waals surface area contributed by atoms with E-state index in [4.69, 9.17) is 0 Å².